The maximum atomic E-state index is 13.0. The number of hydrogen-bond donors (Lipinski definition) is 0. The van der Waals surface area contributed by atoms with Gasteiger partial charge in [-0.05, 0) is 55.7 Å². The Bertz CT molecular complexity index is 944. The Morgan fingerprint density at radius 3 is 2.10 bits per heavy atom. The van der Waals surface area contributed by atoms with Crippen LogP contribution in [0.5, 0.6) is 5.75 Å². The summed E-state index contributed by atoms with van der Waals surface area (Å²) in [5.41, 5.74) is 1.60. The van der Waals surface area contributed by atoms with E-state index in [1.165, 1.54) is 12.1 Å². The molecule has 0 fully saturated rings. The van der Waals surface area contributed by atoms with Gasteiger partial charge in [-0.2, -0.15) is 0 Å². The maximum Gasteiger partial charge on any atom is 0.269 e. The molecule has 3 rings (SSSR count). The second-order valence-electron chi connectivity index (χ2n) is 6.82. The molecule has 6 nitrogen and oxygen atoms in total. The van der Waals surface area contributed by atoms with E-state index in [2.05, 4.69) is 0 Å². The van der Waals surface area contributed by atoms with Gasteiger partial charge in [-0.15, -0.1) is 0 Å². The van der Waals surface area contributed by atoms with E-state index in [0.29, 0.717) is 24.5 Å². The van der Waals surface area contributed by atoms with Gasteiger partial charge in [0.2, 0.25) is 0 Å². The van der Waals surface area contributed by atoms with E-state index >= 15 is 0 Å². The van der Waals surface area contributed by atoms with Crippen molar-refractivity contribution in [1.29, 1.82) is 0 Å². The minimum Gasteiger partial charge on any atom is -0.494 e. The largest absolute Gasteiger partial charge is 0.494 e. The molecular weight excluding hydrogens is 380 g/mol. The van der Waals surface area contributed by atoms with Crippen molar-refractivity contribution >= 4 is 17.3 Å². The predicted molar refractivity (Wildman–Crippen MR) is 117 cm³/mol. The predicted octanol–water partition coefficient (Wildman–Crippen LogP) is 5.49. The van der Waals surface area contributed by atoms with Crippen molar-refractivity contribution < 1.29 is 14.5 Å². The minimum atomic E-state index is -0.432. The van der Waals surface area contributed by atoms with Crippen LogP contribution in [0.1, 0.15) is 29.6 Å². The molecule has 0 saturated heterocycles. The summed E-state index contributed by atoms with van der Waals surface area (Å²) in [6.07, 6.45) is 2.58. The average Bonchev–Trinajstić information content (AvgIpc) is 2.79. The van der Waals surface area contributed by atoms with E-state index in [1.807, 2.05) is 65.6 Å². The first-order valence-electron chi connectivity index (χ1n) is 9.94. The summed E-state index contributed by atoms with van der Waals surface area (Å²) >= 11 is 0. The molecule has 30 heavy (non-hydrogen) atoms. The molecule has 0 heterocycles. The first-order valence-corrected chi connectivity index (χ1v) is 9.94. The number of unbranched alkanes of at least 4 members (excludes halogenated alkanes) is 2. The van der Waals surface area contributed by atoms with Gasteiger partial charge >= 0.3 is 0 Å². The van der Waals surface area contributed by atoms with Gasteiger partial charge in [0.15, 0.2) is 0 Å². The number of non-ortho nitro benzene ring substituents is 1. The molecule has 1 amide bonds. The smallest absolute Gasteiger partial charge is 0.269 e. The summed E-state index contributed by atoms with van der Waals surface area (Å²) in [5.74, 6) is 0.606. The number of nitrogens with zero attached hydrogens (tertiary/aromatic N) is 2. The van der Waals surface area contributed by atoms with Crippen molar-refractivity contribution in [3.63, 3.8) is 0 Å². The number of nitro benzene ring substituents is 1. The molecule has 0 atom stereocenters. The van der Waals surface area contributed by atoms with E-state index in [9.17, 15) is 14.9 Å². The zero-order valence-electron chi connectivity index (χ0n) is 16.6. The second kappa shape index (κ2) is 10.8. The lowest BCUT2D eigenvalue weighted by molar-refractivity contribution is -0.384. The van der Waals surface area contributed by atoms with Crippen LogP contribution in [0.15, 0.2) is 84.9 Å². The van der Waals surface area contributed by atoms with Gasteiger partial charge < -0.3 is 9.64 Å². The third-order valence-corrected chi connectivity index (χ3v) is 4.68. The van der Waals surface area contributed by atoms with Crippen molar-refractivity contribution in [3.05, 3.63) is 101 Å². The number of rotatable bonds is 10. The molecule has 0 aliphatic carbocycles. The topological polar surface area (TPSA) is 72.7 Å². The molecule has 0 aromatic heterocycles. The highest BCUT2D eigenvalue weighted by Gasteiger charge is 2.16. The van der Waals surface area contributed by atoms with Crippen LogP contribution >= 0.6 is 0 Å². The molecule has 3 aromatic rings. The van der Waals surface area contributed by atoms with Gasteiger partial charge in [0, 0.05) is 29.9 Å². The summed E-state index contributed by atoms with van der Waals surface area (Å²) in [5, 5.41) is 10.7. The fourth-order valence-electron chi connectivity index (χ4n) is 3.10. The number of benzene rings is 3. The van der Waals surface area contributed by atoms with E-state index in [-0.39, 0.29) is 11.6 Å². The Morgan fingerprint density at radius 1 is 0.833 bits per heavy atom. The van der Waals surface area contributed by atoms with Crippen LogP contribution < -0.4 is 9.64 Å². The highest BCUT2D eigenvalue weighted by Crippen LogP contribution is 2.19. The highest BCUT2D eigenvalue weighted by molar-refractivity contribution is 6.06. The monoisotopic (exact) mass is 404 g/mol. The molecule has 154 valence electrons. The number of anilines is 1. The molecule has 0 unspecified atom stereocenters. The van der Waals surface area contributed by atoms with Crippen LogP contribution in [-0.4, -0.2) is 24.0 Å². The summed E-state index contributed by atoms with van der Waals surface area (Å²) in [6.45, 7) is 1.14. The molecule has 3 aromatic carbocycles. The van der Waals surface area contributed by atoms with Crippen LogP contribution in [-0.2, 0) is 0 Å². The molecule has 0 bridgehead atoms. The van der Waals surface area contributed by atoms with Crippen LogP contribution in [0.4, 0.5) is 11.4 Å². The number of amides is 1. The van der Waals surface area contributed by atoms with Crippen molar-refractivity contribution in [2.75, 3.05) is 18.1 Å². The summed E-state index contributed by atoms with van der Waals surface area (Å²) in [7, 11) is 0. The molecule has 0 saturated carbocycles. The van der Waals surface area contributed by atoms with Crippen LogP contribution in [0, 0.1) is 10.1 Å². The Morgan fingerprint density at radius 2 is 1.47 bits per heavy atom. The van der Waals surface area contributed by atoms with Gasteiger partial charge in [-0.3, -0.25) is 14.9 Å². The zero-order valence-corrected chi connectivity index (χ0v) is 16.6. The third-order valence-electron chi connectivity index (χ3n) is 4.68. The van der Waals surface area contributed by atoms with Crippen molar-refractivity contribution in [2.45, 2.75) is 19.3 Å². The third kappa shape index (κ3) is 5.91. The number of ether oxygens (including phenoxy) is 1. The maximum absolute atomic E-state index is 13.0. The molecular formula is C24H24N2O4. The number of carbonyl (C=O) groups excluding carboxylic acids is 1. The first kappa shape index (κ1) is 21.0. The van der Waals surface area contributed by atoms with Crippen molar-refractivity contribution in [3.8, 4) is 5.75 Å². The summed E-state index contributed by atoms with van der Waals surface area (Å²) in [4.78, 5) is 25.0. The number of nitro groups is 1. The van der Waals surface area contributed by atoms with Gasteiger partial charge in [-0.25, -0.2) is 0 Å². The minimum absolute atomic E-state index is 0.0103. The van der Waals surface area contributed by atoms with E-state index < -0.39 is 4.92 Å². The number of carbonyl (C=O) groups is 1. The lowest BCUT2D eigenvalue weighted by atomic mass is 10.1. The van der Waals surface area contributed by atoms with Crippen molar-refractivity contribution in [1.82, 2.24) is 0 Å². The highest BCUT2D eigenvalue weighted by atomic mass is 16.6. The standard InChI is InChI=1S/C24H24N2O4/c27-24(20-10-4-1-5-11-20)25(21-12-6-2-7-13-21)18-8-3-9-19-30-23-16-14-22(15-17-23)26(28)29/h1-2,4-7,10-17H,3,8-9,18-19H2. The molecule has 0 spiro atoms. The van der Waals surface area contributed by atoms with E-state index in [0.717, 1.165) is 24.9 Å². The Kier molecular flexibility index (Phi) is 7.55. The van der Waals surface area contributed by atoms with E-state index in [4.69, 9.17) is 4.74 Å². The SMILES string of the molecule is O=C(c1ccccc1)N(CCCCCOc1ccc([N+](=O)[O-])cc1)c1ccccc1. The normalized spacial score (nSPS) is 10.4. The molecule has 6 heteroatoms. The van der Waals surface area contributed by atoms with Crippen LogP contribution in [0.2, 0.25) is 0 Å². The number of hydrogen-bond acceptors (Lipinski definition) is 4. The molecule has 0 N–H and O–H groups in total. The van der Waals surface area contributed by atoms with E-state index in [1.54, 1.807) is 12.1 Å². The summed E-state index contributed by atoms with van der Waals surface area (Å²) in [6, 6.07) is 25.0. The second-order valence-corrected chi connectivity index (χ2v) is 6.82. The lowest BCUT2D eigenvalue weighted by Crippen LogP contribution is -2.31. The van der Waals surface area contributed by atoms with Gasteiger partial charge in [0.1, 0.15) is 5.75 Å². The fraction of sp³-hybridized carbons (Fsp3) is 0.208. The molecule has 0 radical (unpaired) electrons. The van der Waals surface area contributed by atoms with Gasteiger partial charge in [-0.1, -0.05) is 36.4 Å². The Balaban J connectivity index is 1.49. The van der Waals surface area contributed by atoms with Crippen LogP contribution in [0.25, 0.3) is 0 Å². The number of para-hydroxylation sites is 1. The summed E-state index contributed by atoms with van der Waals surface area (Å²) < 4.78 is 5.65. The zero-order chi connectivity index (χ0) is 21.2. The van der Waals surface area contributed by atoms with Gasteiger partial charge in [0.05, 0.1) is 11.5 Å². The molecule has 0 aliphatic heterocycles. The van der Waals surface area contributed by atoms with Gasteiger partial charge in [0.25, 0.3) is 11.6 Å². The average molecular weight is 404 g/mol. The van der Waals surface area contributed by atoms with Crippen molar-refractivity contribution in [2.24, 2.45) is 0 Å². The Labute approximate surface area is 175 Å². The first-order chi connectivity index (χ1) is 14.6. The Hall–Kier alpha value is -3.67. The van der Waals surface area contributed by atoms with Crippen LogP contribution in [0.3, 0.4) is 0 Å². The quantitative estimate of drug-likeness (QED) is 0.254. The molecule has 0 aliphatic rings. The fourth-order valence-corrected chi connectivity index (χ4v) is 3.10. The lowest BCUT2D eigenvalue weighted by Gasteiger charge is -2.23.